The van der Waals surface area contributed by atoms with Gasteiger partial charge in [0.15, 0.2) is 0 Å². The first kappa shape index (κ1) is 13.0. The first-order valence-electron chi connectivity index (χ1n) is 6.89. The van der Waals surface area contributed by atoms with E-state index in [0.29, 0.717) is 5.56 Å². The number of rotatable bonds is 3. The van der Waals surface area contributed by atoms with Gasteiger partial charge in [0.05, 0.1) is 5.92 Å². The predicted octanol–water partition coefficient (Wildman–Crippen LogP) is 1.62. The van der Waals surface area contributed by atoms with E-state index >= 15 is 0 Å². The molecule has 2 bridgehead atoms. The third kappa shape index (κ3) is 2.13. The topological polar surface area (TPSA) is 86.6 Å². The van der Waals surface area contributed by atoms with Crippen LogP contribution in [0.1, 0.15) is 29.6 Å². The fourth-order valence-corrected chi connectivity index (χ4v) is 3.74. The first-order chi connectivity index (χ1) is 9.56. The maximum Gasteiger partial charge on any atom is 0.308 e. The third-order valence-electron chi connectivity index (χ3n) is 4.61. The van der Waals surface area contributed by atoms with Crippen molar-refractivity contribution in [3.8, 4) is 5.75 Å². The fourth-order valence-electron chi connectivity index (χ4n) is 3.74. The van der Waals surface area contributed by atoms with Gasteiger partial charge in [-0.2, -0.15) is 0 Å². The van der Waals surface area contributed by atoms with Crippen LogP contribution in [0.25, 0.3) is 0 Å². The van der Waals surface area contributed by atoms with Crippen molar-refractivity contribution in [3.05, 3.63) is 29.8 Å². The highest BCUT2D eigenvalue weighted by molar-refractivity contribution is 5.95. The summed E-state index contributed by atoms with van der Waals surface area (Å²) in [6.45, 7) is 0. The van der Waals surface area contributed by atoms with Gasteiger partial charge < -0.3 is 15.5 Å². The van der Waals surface area contributed by atoms with Gasteiger partial charge in [-0.1, -0.05) is 6.07 Å². The van der Waals surface area contributed by atoms with Crippen LogP contribution in [0.5, 0.6) is 5.75 Å². The molecule has 106 valence electrons. The van der Waals surface area contributed by atoms with Gasteiger partial charge in [-0.15, -0.1) is 0 Å². The smallest absolute Gasteiger partial charge is 0.308 e. The molecule has 0 saturated heterocycles. The Kier molecular flexibility index (Phi) is 3.12. The lowest BCUT2D eigenvalue weighted by atomic mass is 9.84. The summed E-state index contributed by atoms with van der Waals surface area (Å²) in [6.07, 6.45) is 2.82. The molecule has 5 nitrogen and oxygen atoms in total. The number of carbonyl (C=O) groups excluding carboxylic acids is 1. The molecular weight excluding hydrogens is 258 g/mol. The van der Waals surface area contributed by atoms with Crippen LogP contribution in [0.4, 0.5) is 0 Å². The van der Waals surface area contributed by atoms with Crippen molar-refractivity contribution in [3.63, 3.8) is 0 Å². The lowest BCUT2D eigenvalue weighted by Gasteiger charge is -2.28. The van der Waals surface area contributed by atoms with Crippen molar-refractivity contribution >= 4 is 11.9 Å². The van der Waals surface area contributed by atoms with Gasteiger partial charge in [0.1, 0.15) is 5.75 Å². The Morgan fingerprint density at radius 3 is 2.65 bits per heavy atom. The zero-order valence-electron chi connectivity index (χ0n) is 11.0. The number of fused-ring (bicyclic) bond motifs is 2. The Balaban J connectivity index is 1.77. The highest BCUT2D eigenvalue weighted by Crippen LogP contribution is 2.48. The minimum atomic E-state index is -0.821. The average molecular weight is 275 g/mol. The molecule has 2 aliphatic rings. The summed E-state index contributed by atoms with van der Waals surface area (Å²) in [5.41, 5.74) is 0.358. The first-order valence-corrected chi connectivity index (χ1v) is 6.89. The van der Waals surface area contributed by atoms with Crippen LogP contribution in [-0.2, 0) is 4.79 Å². The normalized spacial score (nSPS) is 31.2. The van der Waals surface area contributed by atoms with Crippen LogP contribution in [-0.4, -0.2) is 28.1 Å². The summed E-state index contributed by atoms with van der Waals surface area (Å²) in [4.78, 5) is 23.6. The Labute approximate surface area is 116 Å². The zero-order chi connectivity index (χ0) is 14.3. The molecule has 3 N–H and O–H groups in total. The summed E-state index contributed by atoms with van der Waals surface area (Å²) < 4.78 is 0. The number of carboxylic acids is 1. The number of benzene rings is 1. The molecule has 1 aromatic rings. The van der Waals surface area contributed by atoms with Gasteiger partial charge in [-0.3, -0.25) is 9.59 Å². The molecule has 4 unspecified atom stereocenters. The van der Waals surface area contributed by atoms with Gasteiger partial charge in [-0.25, -0.2) is 0 Å². The van der Waals surface area contributed by atoms with E-state index in [0.717, 1.165) is 19.3 Å². The molecule has 0 spiro atoms. The maximum atomic E-state index is 12.2. The Morgan fingerprint density at radius 1 is 1.20 bits per heavy atom. The highest BCUT2D eigenvalue weighted by Gasteiger charge is 2.51. The number of aromatic hydroxyl groups is 1. The van der Waals surface area contributed by atoms with E-state index in [-0.39, 0.29) is 29.5 Å². The summed E-state index contributed by atoms with van der Waals surface area (Å²) in [6, 6.07) is 5.80. The van der Waals surface area contributed by atoms with Crippen molar-refractivity contribution in [1.29, 1.82) is 0 Å². The number of carbonyl (C=O) groups is 2. The zero-order valence-corrected chi connectivity index (χ0v) is 11.0. The largest absolute Gasteiger partial charge is 0.508 e. The van der Waals surface area contributed by atoms with Crippen molar-refractivity contribution in [1.82, 2.24) is 5.32 Å². The number of hydrogen-bond donors (Lipinski definition) is 3. The van der Waals surface area contributed by atoms with Crippen molar-refractivity contribution < 1.29 is 19.8 Å². The second-order valence-electron chi connectivity index (χ2n) is 5.75. The van der Waals surface area contributed by atoms with Crippen LogP contribution in [0.2, 0.25) is 0 Å². The minimum absolute atomic E-state index is 0.0281. The van der Waals surface area contributed by atoms with E-state index in [1.165, 1.54) is 12.1 Å². The van der Waals surface area contributed by atoms with Gasteiger partial charge in [0, 0.05) is 11.6 Å². The summed E-state index contributed by atoms with van der Waals surface area (Å²) >= 11 is 0. The van der Waals surface area contributed by atoms with Crippen molar-refractivity contribution in [2.75, 3.05) is 0 Å². The lowest BCUT2D eigenvalue weighted by Crippen LogP contribution is -2.46. The number of nitrogens with one attached hydrogen (secondary N) is 1. The molecule has 1 aromatic carbocycles. The van der Waals surface area contributed by atoms with Gasteiger partial charge in [-0.05, 0) is 49.3 Å². The summed E-state index contributed by atoms with van der Waals surface area (Å²) in [5.74, 6) is -1.13. The fraction of sp³-hybridized carbons (Fsp3) is 0.467. The van der Waals surface area contributed by atoms with E-state index in [1.54, 1.807) is 12.1 Å². The standard InChI is InChI=1S/C15H17NO4/c17-11-3-1-2-10(7-11)14(18)16-13-9-5-4-8(6-9)12(13)15(19)20/h1-3,7-9,12-13,17H,4-6H2,(H,16,18)(H,19,20). The van der Waals surface area contributed by atoms with E-state index in [4.69, 9.17) is 0 Å². The quantitative estimate of drug-likeness (QED) is 0.782. The number of phenolic OH excluding ortho intramolecular Hbond substituents is 1. The van der Waals surface area contributed by atoms with Crippen LogP contribution in [0, 0.1) is 17.8 Å². The van der Waals surface area contributed by atoms with Gasteiger partial charge in [0.2, 0.25) is 0 Å². The molecule has 2 aliphatic carbocycles. The van der Waals surface area contributed by atoms with Crippen LogP contribution in [0.15, 0.2) is 24.3 Å². The summed E-state index contributed by atoms with van der Waals surface area (Å²) in [5, 5.41) is 21.6. The van der Waals surface area contributed by atoms with E-state index in [2.05, 4.69) is 5.32 Å². The third-order valence-corrected chi connectivity index (χ3v) is 4.61. The predicted molar refractivity (Wildman–Crippen MR) is 71.3 cm³/mol. The summed E-state index contributed by atoms with van der Waals surface area (Å²) in [7, 11) is 0. The molecule has 2 fully saturated rings. The van der Waals surface area contributed by atoms with Crippen LogP contribution < -0.4 is 5.32 Å². The second kappa shape index (κ2) is 4.81. The molecule has 0 aromatic heterocycles. The molecule has 0 heterocycles. The number of phenols is 1. The number of aliphatic carboxylic acids is 1. The van der Waals surface area contributed by atoms with Crippen LogP contribution in [0.3, 0.4) is 0 Å². The van der Waals surface area contributed by atoms with E-state index < -0.39 is 11.9 Å². The van der Waals surface area contributed by atoms with E-state index in [9.17, 15) is 19.8 Å². The monoisotopic (exact) mass is 275 g/mol. The van der Waals surface area contributed by atoms with E-state index in [1.807, 2.05) is 0 Å². The molecule has 2 saturated carbocycles. The maximum absolute atomic E-state index is 12.2. The number of carboxylic acid groups (broad SMARTS) is 1. The molecule has 4 atom stereocenters. The van der Waals surface area contributed by atoms with Gasteiger partial charge in [0.25, 0.3) is 5.91 Å². The average Bonchev–Trinajstić information content (AvgIpc) is 2.99. The molecule has 1 amide bonds. The number of amides is 1. The Morgan fingerprint density at radius 2 is 1.95 bits per heavy atom. The molecular formula is C15H17NO4. The van der Waals surface area contributed by atoms with Crippen molar-refractivity contribution in [2.45, 2.75) is 25.3 Å². The minimum Gasteiger partial charge on any atom is -0.508 e. The molecule has 0 radical (unpaired) electrons. The number of hydrogen-bond acceptors (Lipinski definition) is 3. The SMILES string of the molecule is O=C(NC1C2CCC(C2)C1C(=O)O)c1cccc(O)c1. The second-order valence-corrected chi connectivity index (χ2v) is 5.75. The molecule has 5 heteroatoms. The lowest BCUT2D eigenvalue weighted by molar-refractivity contribution is -0.144. The Hall–Kier alpha value is -2.04. The van der Waals surface area contributed by atoms with Gasteiger partial charge >= 0.3 is 5.97 Å². The highest BCUT2D eigenvalue weighted by atomic mass is 16.4. The molecule has 3 rings (SSSR count). The van der Waals surface area contributed by atoms with Crippen LogP contribution >= 0.6 is 0 Å². The molecule has 20 heavy (non-hydrogen) atoms. The molecule has 0 aliphatic heterocycles. The van der Waals surface area contributed by atoms with Crippen molar-refractivity contribution in [2.24, 2.45) is 17.8 Å². The Bertz CT molecular complexity index is 557.